The van der Waals surface area contributed by atoms with Crippen molar-refractivity contribution < 1.29 is 18.9 Å². The van der Waals surface area contributed by atoms with E-state index in [4.69, 9.17) is 24.7 Å². The molecule has 0 atom stereocenters. The van der Waals surface area contributed by atoms with Gasteiger partial charge in [-0.05, 0) is 23.8 Å². The van der Waals surface area contributed by atoms with Crippen LogP contribution in [0.4, 0.5) is 0 Å². The smallest absolute Gasteiger partial charge is 0.231 e. The summed E-state index contributed by atoms with van der Waals surface area (Å²) in [6.07, 6.45) is 0. The van der Waals surface area contributed by atoms with Gasteiger partial charge < -0.3 is 24.7 Å². The molecule has 0 aliphatic carbocycles. The van der Waals surface area contributed by atoms with Crippen molar-refractivity contribution in [2.45, 2.75) is 13.2 Å². The summed E-state index contributed by atoms with van der Waals surface area (Å²) in [5, 5.41) is 0. The zero-order valence-electron chi connectivity index (χ0n) is 11.8. The second-order valence-corrected chi connectivity index (χ2v) is 4.65. The summed E-state index contributed by atoms with van der Waals surface area (Å²) in [7, 11) is 1.64. The third kappa shape index (κ3) is 2.87. The van der Waals surface area contributed by atoms with Crippen LogP contribution in [0.2, 0.25) is 0 Å². The first-order valence-corrected chi connectivity index (χ1v) is 6.68. The fraction of sp³-hybridized carbons (Fsp3) is 0.250. The lowest BCUT2D eigenvalue weighted by atomic mass is 10.1. The van der Waals surface area contributed by atoms with Crippen LogP contribution in [0.5, 0.6) is 23.0 Å². The zero-order chi connectivity index (χ0) is 14.7. The lowest BCUT2D eigenvalue weighted by Crippen LogP contribution is -2.02. The molecule has 110 valence electrons. The predicted molar refractivity (Wildman–Crippen MR) is 77.8 cm³/mol. The minimum atomic E-state index is 0.260. The molecule has 1 aliphatic heterocycles. The summed E-state index contributed by atoms with van der Waals surface area (Å²) >= 11 is 0. The maximum absolute atomic E-state index is 5.77. The van der Waals surface area contributed by atoms with Crippen molar-refractivity contribution in [1.82, 2.24) is 0 Å². The molecule has 1 aliphatic rings. The van der Waals surface area contributed by atoms with Gasteiger partial charge in [-0.2, -0.15) is 0 Å². The van der Waals surface area contributed by atoms with Crippen molar-refractivity contribution >= 4 is 0 Å². The van der Waals surface area contributed by atoms with E-state index in [9.17, 15) is 0 Å². The quantitative estimate of drug-likeness (QED) is 0.915. The molecule has 0 fully saturated rings. The topological polar surface area (TPSA) is 62.9 Å². The molecule has 0 saturated carbocycles. The van der Waals surface area contributed by atoms with Gasteiger partial charge in [0, 0.05) is 18.2 Å². The lowest BCUT2D eigenvalue weighted by Gasteiger charge is -2.11. The highest BCUT2D eigenvalue weighted by Gasteiger charge is 2.13. The van der Waals surface area contributed by atoms with Crippen LogP contribution in [0, 0.1) is 0 Å². The summed E-state index contributed by atoms with van der Waals surface area (Å²) in [5.74, 6) is 2.98. The van der Waals surface area contributed by atoms with Crippen LogP contribution >= 0.6 is 0 Å². The minimum absolute atomic E-state index is 0.260. The van der Waals surface area contributed by atoms with Gasteiger partial charge in [0.2, 0.25) is 6.79 Å². The number of ether oxygens (including phenoxy) is 4. The van der Waals surface area contributed by atoms with Crippen molar-refractivity contribution in [3.05, 3.63) is 47.5 Å². The molecule has 0 unspecified atom stereocenters. The van der Waals surface area contributed by atoms with Crippen LogP contribution in [0.25, 0.3) is 0 Å². The van der Waals surface area contributed by atoms with E-state index in [1.165, 1.54) is 0 Å². The Kier molecular flexibility index (Phi) is 3.83. The molecule has 5 heteroatoms. The fourth-order valence-corrected chi connectivity index (χ4v) is 2.18. The van der Waals surface area contributed by atoms with Gasteiger partial charge in [0.15, 0.2) is 11.5 Å². The highest BCUT2D eigenvalue weighted by Crippen LogP contribution is 2.35. The summed E-state index contributed by atoms with van der Waals surface area (Å²) < 4.78 is 21.7. The van der Waals surface area contributed by atoms with E-state index in [0.29, 0.717) is 18.9 Å². The number of fused-ring (bicyclic) bond motifs is 1. The average molecular weight is 287 g/mol. The molecule has 0 bridgehead atoms. The molecule has 0 spiro atoms. The van der Waals surface area contributed by atoms with Crippen molar-refractivity contribution in [2.24, 2.45) is 5.73 Å². The Morgan fingerprint density at radius 3 is 2.76 bits per heavy atom. The van der Waals surface area contributed by atoms with Gasteiger partial charge in [0.1, 0.15) is 18.1 Å². The summed E-state index contributed by atoms with van der Waals surface area (Å²) in [4.78, 5) is 0. The van der Waals surface area contributed by atoms with Crippen LogP contribution < -0.4 is 24.7 Å². The van der Waals surface area contributed by atoms with E-state index in [1.54, 1.807) is 7.11 Å². The Balaban J connectivity index is 1.70. The molecule has 0 radical (unpaired) electrons. The Labute approximate surface area is 123 Å². The molecular weight excluding hydrogens is 270 g/mol. The number of benzene rings is 2. The molecular formula is C16H17NO4. The third-order valence-electron chi connectivity index (χ3n) is 3.32. The van der Waals surface area contributed by atoms with Crippen molar-refractivity contribution in [2.75, 3.05) is 13.9 Å². The van der Waals surface area contributed by atoms with E-state index in [2.05, 4.69) is 0 Å². The van der Waals surface area contributed by atoms with E-state index in [0.717, 1.165) is 28.4 Å². The van der Waals surface area contributed by atoms with Gasteiger partial charge in [0.25, 0.3) is 0 Å². The fourth-order valence-electron chi connectivity index (χ4n) is 2.18. The van der Waals surface area contributed by atoms with Crippen LogP contribution in [0.3, 0.4) is 0 Å². The second kappa shape index (κ2) is 5.93. The number of methoxy groups -OCH3 is 1. The third-order valence-corrected chi connectivity index (χ3v) is 3.32. The minimum Gasteiger partial charge on any atom is -0.496 e. The highest BCUT2D eigenvalue weighted by atomic mass is 16.7. The van der Waals surface area contributed by atoms with Crippen LogP contribution in [0.15, 0.2) is 36.4 Å². The van der Waals surface area contributed by atoms with Gasteiger partial charge in [0.05, 0.1) is 7.11 Å². The van der Waals surface area contributed by atoms with Gasteiger partial charge in [-0.15, -0.1) is 0 Å². The van der Waals surface area contributed by atoms with Crippen molar-refractivity contribution in [1.29, 1.82) is 0 Å². The number of nitrogens with two attached hydrogens (primary N) is 1. The zero-order valence-corrected chi connectivity index (χ0v) is 11.8. The van der Waals surface area contributed by atoms with Gasteiger partial charge >= 0.3 is 0 Å². The van der Waals surface area contributed by atoms with E-state index < -0.39 is 0 Å². The Morgan fingerprint density at radius 2 is 1.95 bits per heavy atom. The predicted octanol–water partition coefficient (Wildman–Crippen LogP) is 2.46. The van der Waals surface area contributed by atoms with Crippen LogP contribution in [0.1, 0.15) is 11.1 Å². The number of hydrogen-bond acceptors (Lipinski definition) is 5. The van der Waals surface area contributed by atoms with E-state index in [1.807, 2.05) is 36.4 Å². The first-order chi connectivity index (χ1) is 10.3. The highest BCUT2D eigenvalue weighted by molar-refractivity contribution is 5.47. The largest absolute Gasteiger partial charge is 0.496 e. The number of hydrogen-bond donors (Lipinski definition) is 1. The monoisotopic (exact) mass is 287 g/mol. The first-order valence-electron chi connectivity index (χ1n) is 6.68. The Morgan fingerprint density at radius 1 is 1.10 bits per heavy atom. The molecule has 1 heterocycles. The molecule has 5 nitrogen and oxygen atoms in total. The maximum atomic E-state index is 5.77. The number of rotatable bonds is 5. The molecule has 0 saturated heterocycles. The maximum Gasteiger partial charge on any atom is 0.231 e. The van der Waals surface area contributed by atoms with Crippen LogP contribution in [-0.4, -0.2) is 13.9 Å². The standard InChI is InChI=1S/C16H17NO4/c1-18-15-6-11(2-3-12(15)8-17)9-19-13-4-5-14-16(7-13)21-10-20-14/h2-7H,8-10,17H2,1H3. The summed E-state index contributed by atoms with van der Waals surface area (Å²) in [5.41, 5.74) is 7.65. The SMILES string of the molecule is COc1cc(COc2ccc3c(c2)OCO3)ccc1CN. The summed E-state index contributed by atoms with van der Waals surface area (Å²) in [6, 6.07) is 11.4. The van der Waals surface area contributed by atoms with E-state index >= 15 is 0 Å². The Hall–Kier alpha value is -2.40. The van der Waals surface area contributed by atoms with E-state index in [-0.39, 0.29) is 6.79 Å². The average Bonchev–Trinajstić information content (AvgIpc) is 3.00. The molecule has 2 N–H and O–H groups in total. The van der Waals surface area contributed by atoms with Crippen molar-refractivity contribution in [3.63, 3.8) is 0 Å². The van der Waals surface area contributed by atoms with Gasteiger partial charge in [-0.3, -0.25) is 0 Å². The van der Waals surface area contributed by atoms with Crippen LogP contribution in [-0.2, 0) is 13.2 Å². The second-order valence-electron chi connectivity index (χ2n) is 4.65. The Bertz CT molecular complexity index is 642. The summed E-state index contributed by atoms with van der Waals surface area (Å²) in [6.45, 7) is 1.16. The molecule has 2 aromatic rings. The van der Waals surface area contributed by atoms with Crippen molar-refractivity contribution in [3.8, 4) is 23.0 Å². The van der Waals surface area contributed by atoms with Gasteiger partial charge in [-0.25, -0.2) is 0 Å². The molecule has 2 aromatic carbocycles. The molecule has 21 heavy (non-hydrogen) atoms. The first kappa shape index (κ1) is 13.6. The molecule has 0 aromatic heterocycles. The molecule has 3 rings (SSSR count). The van der Waals surface area contributed by atoms with Gasteiger partial charge in [-0.1, -0.05) is 12.1 Å². The molecule has 0 amide bonds. The lowest BCUT2D eigenvalue weighted by molar-refractivity contribution is 0.173. The normalized spacial score (nSPS) is 12.3.